The molecule has 4 rings (SSSR count). The first-order valence-corrected chi connectivity index (χ1v) is 12.8. The minimum Gasteiger partial charge on any atom is -0.408 e. The fourth-order valence-electron chi connectivity index (χ4n) is 4.77. The highest BCUT2D eigenvalue weighted by Gasteiger charge is 2.55. The maximum absolute atomic E-state index is 13.9. The van der Waals surface area contributed by atoms with Gasteiger partial charge < -0.3 is 24.5 Å². The zero-order valence-electron chi connectivity index (χ0n) is 22.3. The molecule has 2 atom stereocenters. The van der Waals surface area contributed by atoms with Crippen LogP contribution in [0.5, 0.6) is 5.75 Å². The van der Waals surface area contributed by atoms with Gasteiger partial charge in [0, 0.05) is 24.8 Å². The Morgan fingerprint density at radius 1 is 0.977 bits per heavy atom. The van der Waals surface area contributed by atoms with Gasteiger partial charge in [0.15, 0.2) is 5.75 Å². The first-order valence-electron chi connectivity index (χ1n) is 12.8. The molecule has 1 aliphatic rings. The number of nitrogens with one attached hydrogen (secondary N) is 1. The van der Waals surface area contributed by atoms with Gasteiger partial charge in [0.25, 0.3) is 0 Å². The second kappa shape index (κ2) is 11.8. The lowest BCUT2D eigenvalue weighted by Crippen LogP contribution is -2.51. The SMILES string of the molecule is Cc1c(OC(=O)NCC(O)(c2ccccc2)C(F)(F)F)cc(-c2cc(C(F)(F)F)ccc2C(F)(F)F)n1C[C@H]1CCCO1. The number of aliphatic hydroxyl groups is 1. The van der Waals surface area contributed by atoms with Crippen molar-refractivity contribution in [3.8, 4) is 17.0 Å². The molecule has 6 nitrogen and oxygen atoms in total. The van der Waals surface area contributed by atoms with Crippen LogP contribution >= 0.6 is 0 Å². The van der Waals surface area contributed by atoms with Crippen LogP contribution in [0.4, 0.5) is 44.3 Å². The Hall–Kier alpha value is -3.72. The van der Waals surface area contributed by atoms with E-state index in [1.807, 2.05) is 5.32 Å². The molecule has 1 fully saturated rings. The highest BCUT2D eigenvalue weighted by Crippen LogP contribution is 2.43. The number of nitrogens with zero attached hydrogens (tertiary/aromatic N) is 1. The quantitative estimate of drug-likeness (QED) is 0.273. The molecule has 234 valence electrons. The third-order valence-corrected chi connectivity index (χ3v) is 7.07. The Kier molecular flexibility index (Phi) is 8.80. The first kappa shape index (κ1) is 32.2. The van der Waals surface area contributed by atoms with Gasteiger partial charge in [0.2, 0.25) is 5.60 Å². The van der Waals surface area contributed by atoms with E-state index >= 15 is 0 Å². The number of carbonyl (C=O) groups excluding carboxylic acids is 1. The van der Waals surface area contributed by atoms with Gasteiger partial charge in [-0.05, 0) is 43.5 Å². The van der Waals surface area contributed by atoms with E-state index in [0.717, 1.165) is 18.2 Å². The van der Waals surface area contributed by atoms with E-state index in [-0.39, 0.29) is 17.9 Å². The monoisotopic (exact) mass is 624 g/mol. The largest absolute Gasteiger partial charge is 0.423 e. The highest BCUT2D eigenvalue weighted by atomic mass is 19.4. The van der Waals surface area contributed by atoms with Crippen molar-refractivity contribution in [2.45, 2.75) is 56.5 Å². The molecular weight excluding hydrogens is 599 g/mol. The van der Waals surface area contributed by atoms with E-state index in [1.54, 1.807) is 0 Å². The number of hydrogen-bond donors (Lipinski definition) is 2. The lowest BCUT2D eigenvalue weighted by Gasteiger charge is -2.30. The number of amides is 1. The molecule has 15 heteroatoms. The molecule has 3 aromatic rings. The summed E-state index contributed by atoms with van der Waals surface area (Å²) < 4.78 is 136. The van der Waals surface area contributed by atoms with Crippen LogP contribution in [0.3, 0.4) is 0 Å². The molecule has 1 amide bonds. The van der Waals surface area contributed by atoms with Crippen molar-refractivity contribution in [1.82, 2.24) is 9.88 Å². The van der Waals surface area contributed by atoms with Crippen LogP contribution in [-0.2, 0) is 29.2 Å². The molecular formula is C28H25F9N2O4. The third kappa shape index (κ3) is 6.93. The van der Waals surface area contributed by atoms with Crippen molar-refractivity contribution in [2.75, 3.05) is 13.2 Å². The minimum atomic E-state index is -5.23. The topological polar surface area (TPSA) is 72.7 Å². The molecule has 43 heavy (non-hydrogen) atoms. The van der Waals surface area contributed by atoms with E-state index in [0.29, 0.717) is 37.6 Å². The second-order valence-corrected chi connectivity index (χ2v) is 9.95. The van der Waals surface area contributed by atoms with E-state index < -0.39 is 70.9 Å². The minimum absolute atomic E-state index is 0.000304. The molecule has 0 aliphatic carbocycles. The van der Waals surface area contributed by atoms with Crippen LogP contribution in [0.25, 0.3) is 11.3 Å². The van der Waals surface area contributed by atoms with E-state index in [9.17, 15) is 49.4 Å². The summed E-state index contributed by atoms with van der Waals surface area (Å²) in [6.07, 6.45) is -16.2. The molecule has 0 saturated carbocycles. The second-order valence-electron chi connectivity index (χ2n) is 9.95. The van der Waals surface area contributed by atoms with Crippen LogP contribution in [0.15, 0.2) is 54.6 Å². The maximum atomic E-state index is 13.9. The van der Waals surface area contributed by atoms with Crippen LogP contribution in [0.2, 0.25) is 0 Å². The van der Waals surface area contributed by atoms with E-state index in [2.05, 4.69) is 0 Å². The van der Waals surface area contributed by atoms with Gasteiger partial charge >= 0.3 is 24.6 Å². The molecule has 2 N–H and O–H groups in total. The standard InChI is InChI=1S/C28H25F9N2O4/c1-16-23(43-24(40)38-15-25(41,28(35,36)37)17-6-3-2-4-7-17)13-22(39(16)14-19-8-5-11-42-19)20-12-18(26(29,30)31)9-10-21(20)27(32,33)34/h2-4,6-7,9-10,12-13,19,41H,5,8,11,14-15H2,1H3,(H,38,40)/t19-,25?/m1/s1. The van der Waals surface area contributed by atoms with Gasteiger partial charge in [-0.25, -0.2) is 4.79 Å². The van der Waals surface area contributed by atoms with E-state index in [4.69, 9.17) is 9.47 Å². The highest BCUT2D eigenvalue weighted by molar-refractivity contribution is 5.74. The fraction of sp³-hybridized carbons (Fsp3) is 0.393. The average molecular weight is 624 g/mol. The smallest absolute Gasteiger partial charge is 0.408 e. The van der Waals surface area contributed by atoms with Gasteiger partial charge in [-0.3, -0.25) is 0 Å². The number of alkyl halides is 9. The van der Waals surface area contributed by atoms with Crippen molar-refractivity contribution in [3.05, 3.63) is 77.0 Å². The predicted molar refractivity (Wildman–Crippen MR) is 134 cm³/mol. The Morgan fingerprint density at radius 2 is 1.65 bits per heavy atom. The van der Waals surface area contributed by atoms with Crippen LogP contribution in [-0.4, -0.2) is 41.2 Å². The van der Waals surface area contributed by atoms with Crippen molar-refractivity contribution in [2.24, 2.45) is 0 Å². The van der Waals surface area contributed by atoms with Gasteiger partial charge in [-0.2, -0.15) is 39.5 Å². The van der Waals surface area contributed by atoms with Gasteiger partial charge in [-0.1, -0.05) is 30.3 Å². The molecule has 2 aromatic carbocycles. The number of aromatic nitrogens is 1. The predicted octanol–water partition coefficient (Wildman–Crippen LogP) is 7.22. The van der Waals surface area contributed by atoms with Gasteiger partial charge in [-0.15, -0.1) is 0 Å². The number of rotatable bonds is 7. The van der Waals surface area contributed by atoms with Crippen molar-refractivity contribution >= 4 is 6.09 Å². The summed E-state index contributed by atoms with van der Waals surface area (Å²) in [6.45, 7) is 0.181. The zero-order chi connectivity index (χ0) is 31.8. The van der Waals surface area contributed by atoms with Crippen molar-refractivity contribution in [3.63, 3.8) is 0 Å². The number of ether oxygens (including phenoxy) is 2. The summed E-state index contributed by atoms with van der Waals surface area (Å²) in [5.41, 5.74) is -8.07. The molecule has 0 bridgehead atoms. The normalized spacial score (nSPS) is 17.5. The Balaban J connectivity index is 1.71. The summed E-state index contributed by atoms with van der Waals surface area (Å²) in [7, 11) is 0. The lowest BCUT2D eigenvalue weighted by atomic mass is 9.93. The van der Waals surface area contributed by atoms with Crippen molar-refractivity contribution < 1.29 is 58.9 Å². The van der Waals surface area contributed by atoms with Gasteiger partial charge in [0.05, 0.1) is 35.2 Å². The molecule has 1 saturated heterocycles. The maximum Gasteiger partial charge on any atom is 0.423 e. The summed E-state index contributed by atoms with van der Waals surface area (Å²) in [6, 6.07) is 7.73. The summed E-state index contributed by atoms with van der Waals surface area (Å²) in [5.74, 6) is -0.425. The van der Waals surface area contributed by atoms with E-state index in [1.165, 1.54) is 29.7 Å². The van der Waals surface area contributed by atoms with Gasteiger partial charge in [0.1, 0.15) is 0 Å². The van der Waals surface area contributed by atoms with Crippen LogP contribution in [0.1, 0.15) is 35.2 Å². The number of benzene rings is 2. The molecule has 0 spiro atoms. The summed E-state index contributed by atoms with van der Waals surface area (Å²) in [4.78, 5) is 12.6. The number of halogens is 9. The number of carbonyl (C=O) groups is 1. The molecule has 1 aliphatic heterocycles. The summed E-state index contributed by atoms with van der Waals surface area (Å²) in [5, 5.41) is 12.2. The summed E-state index contributed by atoms with van der Waals surface area (Å²) >= 11 is 0. The van der Waals surface area contributed by atoms with Crippen molar-refractivity contribution in [1.29, 1.82) is 0 Å². The Morgan fingerprint density at radius 3 is 2.21 bits per heavy atom. The zero-order valence-corrected chi connectivity index (χ0v) is 22.3. The molecule has 0 radical (unpaired) electrons. The molecule has 1 unspecified atom stereocenters. The molecule has 2 heterocycles. The third-order valence-electron chi connectivity index (χ3n) is 7.07. The first-order chi connectivity index (χ1) is 19.9. The van der Waals surface area contributed by atoms with Crippen LogP contribution in [0, 0.1) is 6.92 Å². The molecule has 1 aromatic heterocycles. The Labute approximate surface area is 239 Å². The number of hydrogen-bond acceptors (Lipinski definition) is 4. The average Bonchev–Trinajstić information content (AvgIpc) is 3.54. The van der Waals surface area contributed by atoms with Crippen LogP contribution < -0.4 is 10.1 Å². The Bertz CT molecular complexity index is 1440. The lowest BCUT2D eigenvalue weighted by molar-refractivity contribution is -0.263. The fourth-order valence-corrected chi connectivity index (χ4v) is 4.77.